The molecule has 0 amide bonds. The molecule has 0 bridgehead atoms. The number of carbonyl (C=O) groups excluding carboxylic acids is 1. The SMILES string of the molecule is Cc1ccc(Nc2nc(N)nc(COC(=O)C3CCCC3)n2)cc1. The molecule has 1 aromatic heterocycles. The first-order valence-electron chi connectivity index (χ1n) is 8.11. The fraction of sp³-hybridized carbons (Fsp3) is 0.412. The highest BCUT2D eigenvalue weighted by molar-refractivity contribution is 5.72. The minimum atomic E-state index is -0.181. The molecule has 0 spiro atoms. The second kappa shape index (κ2) is 7.25. The molecule has 0 unspecified atom stereocenters. The second-order valence-corrected chi connectivity index (χ2v) is 6.01. The minimum absolute atomic E-state index is 0.00459. The van der Waals surface area contributed by atoms with E-state index in [-0.39, 0.29) is 24.4 Å². The van der Waals surface area contributed by atoms with Crippen LogP contribution in [0.5, 0.6) is 0 Å². The number of carbonyl (C=O) groups is 1. The summed E-state index contributed by atoms with van der Waals surface area (Å²) in [4.78, 5) is 24.3. The number of nitrogens with two attached hydrogens (primary N) is 1. The molecule has 0 atom stereocenters. The number of nitrogens with one attached hydrogen (secondary N) is 1. The predicted molar refractivity (Wildman–Crippen MR) is 90.5 cm³/mol. The van der Waals surface area contributed by atoms with Crippen LogP contribution in [0.2, 0.25) is 0 Å². The molecule has 7 heteroatoms. The first-order chi connectivity index (χ1) is 11.6. The second-order valence-electron chi connectivity index (χ2n) is 6.01. The van der Waals surface area contributed by atoms with Crippen molar-refractivity contribution in [3.05, 3.63) is 35.7 Å². The third kappa shape index (κ3) is 4.18. The average molecular weight is 327 g/mol. The summed E-state index contributed by atoms with van der Waals surface area (Å²) in [6.45, 7) is 2.02. The van der Waals surface area contributed by atoms with E-state index in [1.165, 1.54) is 0 Å². The highest BCUT2D eigenvalue weighted by Gasteiger charge is 2.24. The first kappa shape index (κ1) is 16.2. The van der Waals surface area contributed by atoms with Gasteiger partial charge in [-0.05, 0) is 31.9 Å². The Morgan fingerprint density at radius 1 is 1.21 bits per heavy atom. The lowest BCUT2D eigenvalue weighted by Crippen LogP contribution is -2.16. The van der Waals surface area contributed by atoms with Crippen molar-refractivity contribution in [3.63, 3.8) is 0 Å². The van der Waals surface area contributed by atoms with Crippen LogP contribution >= 0.6 is 0 Å². The molecule has 1 aliphatic carbocycles. The van der Waals surface area contributed by atoms with Crippen molar-refractivity contribution in [1.29, 1.82) is 0 Å². The van der Waals surface area contributed by atoms with E-state index < -0.39 is 0 Å². The van der Waals surface area contributed by atoms with Gasteiger partial charge in [0.2, 0.25) is 11.9 Å². The molecule has 7 nitrogen and oxygen atoms in total. The fourth-order valence-electron chi connectivity index (χ4n) is 2.74. The van der Waals surface area contributed by atoms with E-state index in [9.17, 15) is 4.79 Å². The summed E-state index contributed by atoms with van der Waals surface area (Å²) in [7, 11) is 0. The van der Waals surface area contributed by atoms with Gasteiger partial charge in [-0.1, -0.05) is 30.5 Å². The normalized spacial score (nSPS) is 14.5. The predicted octanol–water partition coefficient (Wildman–Crippen LogP) is 2.74. The monoisotopic (exact) mass is 327 g/mol. The molecule has 3 rings (SSSR count). The summed E-state index contributed by atoms with van der Waals surface area (Å²) in [5, 5.41) is 3.07. The highest BCUT2D eigenvalue weighted by atomic mass is 16.5. The van der Waals surface area contributed by atoms with Crippen LogP contribution in [0.3, 0.4) is 0 Å². The van der Waals surface area contributed by atoms with Gasteiger partial charge in [-0.3, -0.25) is 4.79 Å². The van der Waals surface area contributed by atoms with E-state index >= 15 is 0 Å². The molecule has 1 heterocycles. The van der Waals surface area contributed by atoms with Gasteiger partial charge >= 0.3 is 5.97 Å². The Hall–Kier alpha value is -2.70. The molecule has 2 aromatic rings. The number of benzene rings is 1. The van der Waals surface area contributed by atoms with Gasteiger partial charge in [0.1, 0.15) is 0 Å². The summed E-state index contributed by atoms with van der Waals surface area (Å²) in [5.74, 6) is 0.585. The van der Waals surface area contributed by atoms with Crippen LogP contribution in [0.1, 0.15) is 37.1 Å². The minimum Gasteiger partial charge on any atom is -0.457 e. The van der Waals surface area contributed by atoms with Crippen LogP contribution in [0, 0.1) is 12.8 Å². The van der Waals surface area contributed by atoms with E-state index in [1.54, 1.807) is 0 Å². The van der Waals surface area contributed by atoms with Gasteiger partial charge in [0.05, 0.1) is 5.92 Å². The summed E-state index contributed by atoms with van der Waals surface area (Å²) in [6, 6.07) is 7.82. The Morgan fingerprint density at radius 2 is 1.92 bits per heavy atom. The van der Waals surface area contributed by atoms with Crippen molar-refractivity contribution >= 4 is 23.6 Å². The molecule has 3 N–H and O–H groups in total. The van der Waals surface area contributed by atoms with Crippen LogP contribution in [0.4, 0.5) is 17.6 Å². The number of aromatic nitrogens is 3. The van der Waals surface area contributed by atoms with Crippen molar-refractivity contribution in [1.82, 2.24) is 15.0 Å². The molecular weight excluding hydrogens is 306 g/mol. The number of nitrogen functional groups attached to an aromatic ring is 1. The molecule has 126 valence electrons. The van der Waals surface area contributed by atoms with Gasteiger partial charge in [-0.25, -0.2) is 0 Å². The van der Waals surface area contributed by atoms with Gasteiger partial charge in [0.25, 0.3) is 0 Å². The van der Waals surface area contributed by atoms with Crippen molar-refractivity contribution in [3.8, 4) is 0 Å². The number of rotatable bonds is 5. The zero-order valence-electron chi connectivity index (χ0n) is 13.7. The molecule has 1 fully saturated rings. The number of hydrogen-bond donors (Lipinski definition) is 2. The Balaban J connectivity index is 1.64. The van der Waals surface area contributed by atoms with Crippen molar-refractivity contribution in [2.75, 3.05) is 11.1 Å². The zero-order valence-corrected chi connectivity index (χ0v) is 13.7. The molecule has 0 saturated heterocycles. The maximum atomic E-state index is 12.0. The van der Waals surface area contributed by atoms with Gasteiger partial charge in [-0.15, -0.1) is 0 Å². The first-order valence-corrected chi connectivity index (χ1v) is 8.11. The van der Waals surface area contributed by atoms with Crippen LogP contribution < -0.4 is 11.1 Å². The van der Waals surface area contributed by atoms with Crippen molar-refractivity contribution in [2.45, 2.75) is 39.2 Å². The molecule has 1 aliphatic rings. The van der Waals surface area contributed by atoms with Gasteiger partial charge in [0, 0.05) is 5.69 Å². The Kier molecular flexibility index (Phi) is 4.88. The van der Waals surface area contributed by atoms with Gasteiger partial charge in [-0.2, -0.15) is 15.0 Å². The van der Waals surface area contributed by atoms with Gasteiger partial charge in [0.15, 0.2) is 12.4 Å². The fourth-order valence-corrected chi connectivity index (χ4v) is 2.74. The third-order valence-electron chi connectivity index (χ3n) is 4.04. The topological polar surface area (TPSA) is 103 Å². The van der Waals surface area contributed by atoms with Crippen LogP contribution in [0.25, 0.3) is 0 Å². The smallest absolute Gasteiger partial charge is 0.309 e. The summed E-state index contributed by atoms with van der Waals surface area (Å²) in [5.41, 5.74) is 7.73. The Morgan fingerprint density at radius 3 is 2.62 bits per heavy atom. The van der Waals surface area contributed by atoms with E-state index in [4.69, 9.17) is 10.5 Å². The average Bonchev–Trinajstić information content (AvgIpc) is 3.09. The molecule has 1 saturated carbocycles. The maximum absolute atomic E-state index is 12.0. The third-order valence-corrected chi connectivity index (χ3v) is 4.04. The number of nitrogens with zero attached hydrogens (tertiary/aromatic N) is 3. The summed E-state index contributed by atoms with van der Waals surface area (Å²) >= 11 is 0. The Bertz CT molecular complexity index is 711. The lowest BCUT2D eigenvalue weighted by molar-refractivity contribution is -0.149. The molecule has 0 radical (unpaired) electrons. The number of ether oxygens (including phenoxy) is 1. The Labute approximate surface area is 140 Å². The van der Waals surface area contributed by atoms with Crippen LogP contribution in [0.15, 0.2) is 24.3 Å². The lowest BCUT2D eigenvalue weighted by atomic mass is 10.1. The van der Waals surface area contributed by atoms with E-state index in [2.05, 4.69) is 20.3 Å². The van der Waals surface area contributed by atoms with Crippen molar-refractivity contribution < 1.29 is 9.53 Å². The maximum Gasteiger partial charge on any atom is 0.309 e. The van der Waals surface area contributed by atoms with E-state index in [0.29, 0.717) is 11.8 Å². The molecular formula is C17H21N5O2. The number of hydrogen-bond acceptors (Lipinski definition) is 7. The quantitative estimate of drug-likeness (QED) is 0.814. The zero-order chi connectivity index (χ0) is 16.9. The van der Waals surface area contributed by atoms with Crippen LogP contribution in [-0.4, -0.2) is 20.9 Å². The lowest BCUT2D eigenvalue weighted by Gasteiger charge is -2.10. The summed E-state index contributed by atoms with van der Waals surface area (Å²) in [6.07, 6.45) is 3.98. The molecule has 24 heavy (non-hydrogen) atoms. The largest absolute Gasteiger partial charge is 0.457 e. The molecule has 1 aromatic carbocycles. The summed E-state index contributed by atoms with van der Waals surface area (Å²) < 4.78 is 5.31. The number of anilines is 3. The van der Waals surface area contributed by atoms with E-state index in [0.717, 1.165) is 36.9 Å². The standard InChI is InChI=1S/C17H21N5O2/c1-11-6-8-13(9-7-11)19-17-21-14(20-16(18)22-17)10-24-15(23)12-4-2-3-5-12/h6-9,12H,2-5,10H2,1H3,(H3,18,19,20,21,22). The van der Waals surface area contributed by atoms with E-state index in [1.807, 2.05) is 31.2 Å². The number of aryl methyl sites for hydroxylation is 1. The highest BCUT2D eigenvalue weighted by Crippen LogP contribution is 2.26. The van der Waals surface area contributed by atoms with Gasteiger partial charge < -0.3 is 15.8 Å². The van der Waals surface area contributed by atoms with Crippen LogP contribution in [-0.2, 0) is 16.1 Å². The van der Waals surface area contributed by atoms with Crippen molar-refractivity contribution in [2.24, 2.45) is 5.92 Å². The molecule has 0 aliphatic heterocycles. The number of esters is 1.